The molecule has 1 aromatic rings. The molecule has 0 saturated carbocycles. The van der Waals surface area contributed by atoms with Gasteiger partial charge in [0.15, 0.2) is 0 Å². The van der Waals surface area contributed by atoms with Gasteiger partial charge in [-0.1, -0.05) is 0 Å². The van der Waals surface area contributed by atoms with E-state index in [0.717, 1.165) is 6.20 Å². The lowest BCUT2D eigenvalue weighted by Gasteiger charge is -1.98. The monoisotopic (exact) mass is 156 g/mol. The molecule has 1 rings (SSSR count). The van der Waals surface area contributed by atoms with Gasteiger partial charge in [-0.05, 0) is 0 Å². The van der Waals surface area contributed by atoms with Crippen LogP contribution in [0, 0.1) is 0 Å². The van der Waals surface area contributed by atoms with Crippen molar-refractivity contribution in [1.29, 1.82) is 0 Å². The van der Waals surface area contributed by atoms with Gasteiger partial charge in [-0.15, -0.1) is 0 Å². The molecule has 0 aliphatic rings. The lowest BCUT2D eigenvalue weighted by atomic mass is 10.3. The third-order valence-electron chi connectivity index (χ3n) is 1.06. The molecule has 0 aliphatic heterocycles. The first kappa shape index (κ1) is 7.59. The zero-order valence-electron chi connectivity index (χ0n) is 5.44. The predicted octanol–water partition coefficient (Wildman–Crippen LogP) is 0.572. The summed E-state index contributed by atoms with van der Waals surface area (Å²) in [6.45, 7) is 0. The standard InChI is InChI=1S/C6H5FN2O2/c7-5(6(10)11)4-3-8-1-2-9-4/h1-3,5H,(H,10,11). The number of aromatic nitrogens is 2. The topological polar surface area (TPSA) is 63.1 Å². The van der Waals surface area contributed by atoms with Crippen LogP contribution in [0.2, 0.25) is 0 Å². The Morgan fingerprint density at radius 2 is 2.36 bits per heavy atom. The van der Waals surface area contributed by atoms with Crippen LogP contribution in [0.4, 0.5) is 4.39 Å². The SMILES string of the molecule is O=C(O)C(F)c1cnccn1. The van der Waals surface area contributed by atoms with E-state index in [1.54, 1.807) is 0 Å². The molecule has 0 fully saturated rings. The van der Waals surface area contributed by atoms with Gasteiger partial charge in [0.05, 0.1) is 6.20 Å². The van der Waals surface area contributed by atoms with Gasteiger partial charge < -0.3 is 5.11 Å². The summed E-state index contributed by atoms with van der Waals surface area (Å²) >= 11 is 0. The molecule has 0 spiro atoms. The summed E-state index contributed by atoms with van der Waals surface area (Å²) in [6.07, 6.45) is 1.59. The molecule has 58 valence electrons. The van der Waals surface area contributed by atoms with Gasteiger partial charge in [0, 0.05) is 12.4 Å². The minimum Gasteiger partial charge on any atom is -0.479 e. The Morgan fingerprint density at radius 1 is 1.64 bits per heavy atom. The fraction of sp³-hybridized carbons (Fsp3) is 0.167. The van der Waals surface area contributed by atoms with Crippen molar-refractivity contribution in [3.05, 3.63) is 24.3 Å². The number of hydrogen-bond acceptors (Lipinski definition) is 3. The minimum absolute atomic E-state index is 0.181. The molecule has 0 saturated heterocycles. The lowest BCUT2D eigenvalue weighted by Crippen LogP contribution is -2.07. The van der Waals surface area contributed by atoms with Gasteiger partial charge in [-0.3, -0.25) is 9.97 Å². The maximum atomic E-state index is 12.6. The average Bonchev–Trinajstić information content (AvgIpc) is 2.05. The summed E-state index contributed by atoms with van der Waals surface area (Å²) in [5.41, 5.74) is -0.181. The first-order valence-corrected chi connectivity index (χ1v) is 2.84. The molecule has 5 heteroatoms. The minimum atomic E-state index is -2.08. The summed E-state index contributed by atoms with van der Waals surface area (Å²) in [5, 5.41) is 8.19. The van der Waals surface area contributed by atoms with Gasteiger partial charge in [0.25, 0.3) is 0 Å². The van der Waals surface area contributed by atoms with E-state index in [9.17, 15) is 9.18 Å². The van der Waals surface area contributed by atoms with Crippen LogP contribution in [0.15, 0.2) is 18.6 Å². The molecule has 0 aromatic carbocycles. The molecule has 0 radical (unpaired) electrons. The molecular formula is C6H5FN2O2. The van der Waals surface area contributed by atoms with Crippen LogP contribution in [-0.4, -0.2) is 21.0 Å². The molecular weight excluding hydrogens is 151 g/mol. The van der Waals surface area contributed by atoms with Crippen LogP contribution in [0.5, 0.6) is 0 Å². The van der Waals surface area contributed by atoms with Crippen LogP contribution < -0.4 is 0 Å². The van der Waals surface area contributed by atoms with Crippen molar-refractivity contribution in [2.24, 2.45) is 0 Å². The van der Waals surface area contributed by atoms with Crippen molar-refractivity contribution in [2.75, 3.05) is 0 Å². The summed E-state index contributed by atoms with van der Waals surface area (Å²) in [4.78, 5) is 17.1. The highest BCUT2D eigenvalue weighted by Crippen LogP contribution is 2.12. The van der Waals surface area contributed by atoms with Crippen LogP contribution in [-0.2, 0) is 4.79 Å². The Bertz CT molecular complexity index is 252. The van der Waals surface area contributed by atoms with Crippen molar-refractivity contribution >= 4 is 5.97 Å². The predicted molar refractivity (Wildman–Crippen MR) is 33.5 cm³/mol. The lowest BCUT2D eigenvalue weighted by molar-refractivity contribution is -0.143. The van der Waals surface area contributed by atoms with E-state index in [2.05, 4.69) is 9.97 Å². The number of hydrogen-bond donors (Lipinski definition) is 1. The molecule has 1 heterocycles. The summed E-state index contributed by atoms with van der Waals surface area (Å²) in [7, 11) is 0. The molecule has 1 unspecified atom stereocenters. The quantitative estimate of drug-likeness (QED) is 0.679. The first-order chi connectivity index (χ1) is 5.22. The molecule has 4 nitrogen and oxygen atoms in total. The van der Waals surface area contributed by atoms with Crippen molar-refractivity contribution in [3.8, 4) is 0 Å². The Balaban J connectivity index is 2.85. The largest absolute Gasteiger partial charge is 0.479 e. The van der Waals surface area contributed by atoms with Crippen molar-refractivity contribution in [2.45, 2.75) is 6.17 Å². The third kappa shape index (κ3) is 1.70. The van der Waals surface area contributed by atoms with Crippen LogP contribution in [0.25, 0.3) is 0 Å². The van der Waals surface area contributed by atoms with E-state index >= 15 is 0 Å². The van der Waals surface area contributed by atoms with E-state index in [0.29, 0.717) is 0 Å². The van der Waals surface area contributed by atoms with Gasteiger partial charge in [-0.2, -0.15) is 0 Å². The second kappa shape index (κ2) is 3.05. The number of aliphatic carboxylic acids is 1. The van der Waals surface area contributed by atoms with Crippen molar-refractivity contribution in [3.63, 3.8) is 0 Å². The summed E-state index contributed by atoms with van der Waals surface area (Å²) in [5.74, 6) is -1.55. The molecule has 1 N–H and O–H groups in total. The van der Waals surface area contributed by atoms with E-state index in [1.165, 1.54) is 12.4 Å². The average molecular weight is 156 g/mol. The number of alkyl halides is 1. The van der Waals surface area contributed by atoms with E-state index in [1.807, 2.05) is 0 Å². The molecule has 0 aliphatic carbocycles. The highest BCUT2D eigenvalue weighted by atomic mass is 19.1. The molecule has 1 atom stereocenters. The van der Waals surface area contributed by atoms with Crippen molar-refractivity contribution in [1.82, 2.24) is 9.97 Å². The number of carbonyl (C=O) groups is 1. The third-order valence-corrected chi connectivity index (χ3v) is 1.06. The van der Waals surface area contributed by atoms with Crippen molar-refractivity contribution < 1.29 is 14.3 Å². The molecule has 1 aromatic heterocycles. The number of carboxylic acid groups (broad SMARTS) is 1. The molecule has 0 amide bonds. The first-order valence-electron chi connectivity index (χ1n) is 2.84. The van der Waals surface area contributed by atoms with E-state index in [-0.39, 0.29) is 5.69 Å². The fourth-order valence-corrected chi connectivity index (χ4v) is 0.568. The smallest absolute Gasteiger partial charge is 0.344 e. The zero-order chi connectivity index (χ0) is 8.27. The summed E-state index contributed by atoms with van der Waals surface area (Å²) in [6, 6.07) is 0. The Labute approximate surface area is 61.7 Å². The zero-order valence-corrected chi connectivity index (χ0v) is 5.44. The fourth-order valence-electron chi connectivity index (χ4n) is 0.568. The number of nitrogens with zero attached hydrogens (tertiary/aromatic N) is 2. The normalized spacial score (nSPS) is 12.5. The van der Waals surface area contributed by atoms with Crippen LogP contribution in [0.1, 0.15) is 11.9 Å². The molecule has 0 bridgehead atoms. The summed E-state index contributed by atoms with van der Waals surface area (Å²) < 4.78 is 12.6. The van der Waals surface area contributed by atoms with E-state index in [4.69, 9.17) is 5.11 Å². The Hall–Kier alpha value is -1.52. The maximum absolute atomic E-state index is 12.6. The van der Waals surface area contributed by atoms with Crippen LogP contribution in [0.3, 0.4) is 0 Å². The van der Waals surface area contributed by atoms with Gasteiger partial charge in [0.2, 0.25) is 6.17 Å². The Morgan fingerprint density at radius 3 is 2.82 bits per heavy atom. The van der Waals surface area contributed by atoms with Gasteiger partial charge >= 0.3 is 5.97 Å². The van der Waals surface area contributed by atoms with Crippen LogP contribution >= 0.6 is 0 Å². The second-order valence-corrected chi connectivity index (χ2v) is 1.83. The number of halogens is 1. The highest BCUT2D eigenvalue weighted by Gasteiger charge is 2.19. The number of carboxylic acids is 1. The highest BCUT2D eigenvalue weighted by molar-refractivity contribution is 5.73. The second-order valence-electron chi connectivity index (χ2n) is 1.83. The number of rotatable bonds is 2. The van der Waals surface area contributed by atoms with Gasteiger partial charge in [0.1, 0.15) is 5.69 Å². The van der Waals surface area contributed by atoms with Gasteiger partial charge in [-0.25, -0.2) is 9.18 Å². The van der Waals surface area contributed by atoms with E-state index < -0.39 is 12.1 Å². The molecule has 11 heavy (non-hydrogen) atoms. The Kier molecular flexibility index (Phi) is 2.10. The maximum Gasteiger partial charge on any atom is 0.344 e.